The van der Waals surface area contributed by atoms with Crippen LogP contribution in [-0.4, -0.2) is 21.4 Å². The molecule has 2 N–H and O–H groups in total. The molecule has 3 aliphatic rings. The van der Waals surface area contributed by atoms with Crippen LogP contribution < -0.4 is 10.6 Å². The highest BCUT2D eigenvalue weighted by Crippen LogP contribution is 2.46. The first-order valence-electron chi connectivity index (χ1n) is 7.60. The van der Waals surface area contributed by atoms with Gasteiger partial charge in [-0.1, -0.05) is 34.1 Å². The molecule has 0 bridgehead atoms. The van der Waals surface area contributed by atoms with Crippen molar-refractivity contribution in [3.05, 3.63) is 59.1 Å². The van der Waals surface area contributed by atoms with Crippen molar-refractivity contribution in [3.63, 3.8) is 0 Å². The van der Waals surface area contributed by atoms with E-state index >= 15 is 0 Å². The number of thiocarbonyl (C=S) groups is 1. The molecule has 0 saturated carbocycles. The molecule has 1 aromatic rings. The molecule has 2 aliphatic heterocycles. The molecule has 7 heteroatoms. The summed E-state index contributed by atoms with van der Waals surface area (Å²) in [5.41, 5.74) is 0.494. The zero-order chi connectivity index (χ0) is 16.9. The third-order valence-corrected chi connectivity index (χ3v) is 5.37. The van der Waals surface area contributed by atoms with Gasteiger partial charge < -0.3 is 15.4 Å². The maximum absolute atomic E-state index is 13.6. The molecule has 1 aromatic carbocycles. The first-order chi connectivity index (χ1) is 11.5. The highest BCUT2D eigenvalue weighted by molar-refractivity contribution is 9.09. The molecular weight excluding hydrogens is 395 g/mol. The van der Waals surface area contributed by atoms with Crippen LogP contribution in [0.5, 0.6) is 0 Å². The number of fused-ring (bicyclic) bond motifs is 2. The second kappa shape index (κ2) is 5.67. The minimum atomic E-state index is -0.982. The first-order valence-corrected chi connectivity index (χ1v) is 8.93. The van der Waals surface area contributed by atoms with Crippen LogP contribution >= 0.6 is 28.1 Å². The van der Waals surface area contributed by atoms with Crippen molar-refractivity contribution < 1.29 is 13.9 Å². The highest BCUT2D eigenvalue weighted by Gasteiger charge is 2.54. The van der Waals surface area contributed by atoms with Crippen molar-refractivity contribution in [3.8, 4) is 0 Å². The summed E-state index contributed by atoms with van der Waals surface area (Å²) in [6.45, 7) is 0. The third kappa shape index (κ3) is 2.46. The molecule has 1 aliphatic carbocycles. The van der Waals surface area contributed by atoms with Gasteiger partial charge in [-0.05, 0) is 42.4 Å². The second-order valence-electron chi connectivity index (χ2n) is 6.08. The lowest BCUT2D eigenvalue weighted by Gasteiger charge is -2.41. The summed E-state index contributed by atoms with van der Waals surface area (Å²) in [4.78, 5) is 12.8. The van der Waals surface area contributed by atoms with Crippen LogP contribution in [-0.2, 0) is 9.53 Å². The Morgan fingerprint density at radius 3 is 2.96 bits per heavy atom. The lowest BCUT2D eigenvalue weighted by atomic mass is 9.77. The molecule has 1 spiro atoms. The number of carbonyl (C=O) groups excluding carboxylic acids is 1. The number of amides is 1. The van der Waals surface area contributed by atoms with Gasteiger partial charge >= 0.3 is 0 Å². The van der Waals surface area contributed by atoms with Crippen molar-refractivity contribution in [2.75, 3.05) is 0 Å². The molecular formula is C17H14BrFN2O2S. The summed E-state index contributed by atoms with van der Waals surface area (Å²) in [6.07, 6.45) is 4.60. The van der Waals surface area contributed by atoms with E-state index in [9.17, 15) is 9.18 Å². The Morgan fingerprint density at radius 2 is 2.25 bits per heavy atom. The van der Waals surface area contributed by atoms with Gasteiger partial charge in [0.2, 0.25) is 0 Å². The SMILES string of the molecule is O=C1NC(=S)NC12CC(c1cccc(F)c1)OC1=CCC(Br)C=C12. The van der Waals surface area contributed by atoms with Gasteiger partial charge in [-0.25, -0.2) is 4.39 Å². The molecule has 24 heavy (non-hydrogen) atoms. The summed E-state index contributed by atoms with van der Waals surface area (Å²) < 4.78 is 19.7. The molecule has 4 nitrogen and oxygen atoms in total. The van der Waals surface area contributed by atoms with Gasteiger partial charge in [-0.15, -0.1) is 0 Å². The predicted octanol–water partition coefficient (Wildman–Crippen LogP) is 3.01. The number of carbonyl (C=O) groups is 1. The summed E-state index contributed by atoms with van der Waals surface area (Å²) in [5, 5.41) is 6.10. The van der Waals surface area contributed by atoms with Crippen molar-refractivity contribution in [2.45, 2.75) is 29.3 Å². The van der Waals surface area contributed by atoms with E-state index in [0.717, 1.165) is 12.0 Å². The van der Waals surface area contributed by atoms with E-state index in [1.54, 1.807) is 12.1 Å². The number of allylic oxidation sites excluding steroid dienone is 2. The van der Waals surface area contributed by atoms with Crippen LogP contribution in [0.4, 0.5) is 4.39 Å². The zero-order valence-electron chi connectivity index (χ0n) is 12.5. The van der Waals surface area contributed by atoms with Crippen LogP contribution in [0.25, 0.3) is 0 Å². The first kappa shape index (κ1) is 15.8. The summed E-state index contributed by atoms with van der Waals surface area (Å²) in [7, 11) is 0. The number of halogens is 2. The van der Waals surface area contributed by atoms with E-state index < -0.39 is 11.6 Å². The van der Waals surface area contributed by atoms with Crippen molar-refractivity contribution in [1.29, 1.82) is 0 Å². The van der Waals surface area contributed by atoms with Gasteiger partial charge in [-0.2, -0.15) is 0 Å². The van der Waals surface area contributed by atoms with Crippen LogP contribution in [0.3, 0.4) is 0 Å². The molecule has 2 fully saturated rings. The molecule has 124 valence electrons. The average molecular weight is 409 g/mol. The molecule has 2 heterocycles. The molecule has 4 rings (SSSR count). The number of rotatable bonds is 1. The summed E-state index contributed by atoms with van der Waals surface area (Å²) >= 11 is 8.71. The van der Waals surface area contributed by atoms with Crippen molar-refractivity contribution >= 4 is 39.2 Å². The second-order valence-corrected chi connectivity index (χ2v) is 7.66. The number of ether oxygens (including phenoxy) is 1. The summed E-state index contributed by atoms with van der Waals surface area (Å²) in [6, 6.07) is 6.27. The van der Waals surface area contributed by atoms with Crippen LogP contribution in [0.1, 0.15) is 24.5 Å². The minimum absolute atomic E-state index is 0.131. The zero-order valence-corrected chi connectivity index (χ0v) is 14.9. The molecule has 0 aromatic heterocycles. The molecule has 0 radical (unpaired) electrons. The number of alkyl halides is 1. The Balaban J connectivity index is 1.80. The summed E-state index contributed by atoms with van der Waals surface area (Å²) in [5.74, 6) is 0.124. The van der Waals surface area contributed by atoms with Gasteiger partial charge in [-0.3, -0.25) is 4.79 Å². The molecule has 1 amide bonds. The van der Waals surface area contributed by atoms with Gasteiger partial charge in [0.25, 0.3) is 5.91 Å². The highest BCUT2D eigenvalue weighted by atomic mass is 79.9. The minimum Gasteiger partial charge on any atom is -0.486 e. The number of hydrogen-bond donors (Lipinski definition) is 2. The van der Waals surface area contributed by atoms with Crippen LogP contribution in [0.2, 0.25) is 0 Å². The standard InChI is InChI=1S/C17H14BrFN2O2S/c18-10-4-5-13-12(7-10)17(15(22)20-16(24)21-17)8-14(23-13)9-2-1-3-11(19)6-9/h1-3,5-7,10,14H,4,8H2,(H2,20,21,22,24). The Labute approximate surface area is 152 Å². The van der Waals surface area contributed by atoms with E-state index in [0.29, 0.717) is 22.9 Å². The van der Waals surface area contributed by atoms with E-state index in [1.165, 1.54) is 12.1 Å². The van der Waals surface area contributed by atoms with Gasteiger partial charge in [0.05, 0.1) is 0 Å². The van der Waals surface area contributed by atoms with Crippen molar-refractivity contribution in [2.24, 2.45) is 0 Å². The fraction of sp³-hybridized carbons (Fsp3) is 0.294. The normalized spacial score (nSPS) is 31.6. The Hall–Kier alpha value is -1.73. The largest absolute Gasteiger partial charge is 0.486 e. The predicted molar refractivity (Wildman–Crippen MR) is 94.9 cm³/mol. The molecule has 3 unspecified atom stereocenters. The van der Waals surface area contributed by atoms with Gasteiger partial charge in [0, 0.05) is 16.8 Å². The van der Waals surface area contributed by atoms with Crippen LogP contribution in [0, 0.1) is 5.82 Å². The number of benzene rings is 1. The number of hydrogen-bond acceptors (Lipinski definition) is 3. The maximum Gasteiger partial charge on any atom is 0.256 e. The maximum atomic E-state index is 13.6. The van der Waals surface area contributed by atoms with Gasteiger partial charge in [0.1, 0.15) is 17.7 Å². The lowest BCUT2D eigenvalue weighted by molar-refractivity contribution is -0.125. The molecule has 2 saturated heterocycles. The topological polar surface area (TPSA) is 50.4 Å². The average Bonchev–Trinajstić information content (AvgIpc) is 2.82. The lowest BCUT2D eigenvalue weighted by Crippen LogP contribution is -2.53. The van der Waals surface area contributed by atoms with Crippen LogP contribution in [0.15, 0.2) is 47.7 Å². The fourth-order valence-corrected chi connectivity index (χ4v) is 4.14. The van der Waals surface area contributed by atoms with E-state index in [-0.39, 0.29) is 16.6 Å². The Bertz CT molecular complexity index is 810. The number of nitrogens with one attached hydrogen (secondary N) is 2. The smallest absolute Gasteiger partial charge is 0.256 e. The van der Waals surface area contributed by atoms with E-state index in [2.05, 4.69) is 26.6 Å². The fourth-order valence-electron chi connectivity index (χ4n) is 3.43. The third-order valence-electron chi connectivity index (χ3n) is 4.52. The quantitative estimate of drug-likeness (QED) is 0.553. The Kier molecular flexibility index (Phi) is 3.73. The van der Waals surface area contributed by atoms with Gasteiger partial charge in [0.15, 0.2) is 10.7 Å². The molecule has 3 atom stereocenters. The van der Waals surface area contributed by atoms with E-state index in [4.69, 9.17) is 17.0 Å². The Morgan fingerprint density at radius 1 is 1.42 bits per heavy atom. The monoisotopic (exact) mass is 408 g/mol. The van der Waals surface area contributed by atoms with Crippen molar-refractivity contribution in [1.82, 2.24) is 10.6 Å². The van der Waals surface area contributed by atoms with E-state index in [1.807, 2.05) is 12.2 Å².